The molecule has 2 fully saturated rings. The van der Waals surface area contributed by atoms with Gasteiger partial charge in [-0.05, 0) is 78.2 Å². The van der Waals surface area contributed by atoms with Crippen molar-refractivity contribution in [3.8, 4) is 0 Å². The highest BCUT2D eigenvalue weighted by Crippen LogP contribution is 2.67. The quantitative estimate of drug-likeness (QED) is 0.546. The fourth-order valence-corrected chi connectivity index (χ4v) is 7.10. The Hall–Kier alpha value is -0.780. The van der Waals surface area contributed by atoms with Crippen LogP contribution in [0, 0.1) is 29.6 Å². The number of rotatable bonds is 0. The van der Waals surface area contributed by atoms with Gasteiger partial charge in [0.2, 0.25) is 0 Å². The van der Waals surface area contributed by atoms with Crippen LogP contribution in [0.4, 0.5) is 0 Å². The van der Waals surface area contributed by atoms with Crippen molar-refractivity contribution in [2.75, 3.05) is 0 Å². The van der Waals surface area contributed by atoms with Gasteiger partial charge in [-0.15, -0.1) is 0 Å². The highest BCUT2D eigenvalue weighted by atomic mass is 14.6. The van der Waals surface area contributed by atoms with Crippen LogP contribution in [-0.4, -0.2) is 0 Å². The van der Waals surface area contributed by atoms with E-state index < -0.39 is 0 Å². The van der Waals surface area contributed by atoms with Gasteiger partial charge < -0.3 is 0 Å². The van der Waals surface area contributed by atoms with E-state index in [0.717, 1.165) is 11.8 Å². The van der Waals surface area contributed by atoms with Gasteiger partial charge in [0.05, 0.1) is 0 Å². The van der Waals surface area contributed by atoms with Crippen molar-refractivity contribution >= 4 is 0 Å². The molecule has 0 radical (unpaired) electrons. The van der Waals surface area contributed by atoms with Crippen molar-refractivity contribution in [3.05, 3.63) is 34.9 Å². The van der Waals surface area contributed by atoms with Crippen molar-refractivity contribution in [1.29, 1.82) is 0 Å². The van der Waals surface area contributed by atoms with Crippen LogP contribution in [0.5, 0.6) is 0 Å². The molecule has 0 heterocycles. The van der Waals surface area contributed by atoms with Crippen molar-refractivity contribution in [2.45, 2.75) is 78.6 Å². The Morgan fingerprint density at radius 2 is 1.73 bits per heavy atom. The Morgan fingerprint density at radius 1 is 0.955 bits per heavy atom. The summed E-state index contributed by atoms with van der Waals surface area (Å²) < 4.78 is 0. The maximum Gasteiger partial charge on any atom is -0.00357 e. The first kappa shape index (κ1) is 14.8. The Labute approximate surface area is 136 Å². The van der Waals surface area contributed by atoms with Crippen LogP contribution < -0.4 is 0 Å². The zero-order chi connectivity index (χ0) is 15.8. The molecule has 0 N–H and O–H groups in total. The third kappa shape index (κ3) is 1.76. The van der Waals surface area contributed by atoms with Gasteiger partial charge in [0.1, 0.15) is 0 Å². The van der Waals surface area contributed by atoms with Crippen molar-refractivity contribution in [2.24, 2.45) is 22.7 Å². The second-order valence-electron chi connectivity index (χ2n) is 9.77. The van der Waals surface area contributed by atoms with E-state index in [4.69, 9.17) is 0 Å². The zero-order valence-electron chi connectivity index (χ0n) is 15.1. The Kier molecular flexibility index (Phi) is 2.96. The molecular weight excluding hydrogens is 264 g/mol. The van der Waals surface area contributed by atoms with E-state index in [1.807, 2.05) is 0 Å². The minimum absolute atomic E-state index is 0.432. The average Bonchev–Trinajstić information content (AvgIpc) is 2.71. The maximum atomic E-state index is 2.65. The van der Waals surface area contributed by atoms with Crippen LogP contribution in [0.25, 0.3) is 0 Å². The zero-order valence-corrected chi connectivity index (χ0v) is 15.1. The molecule has 2 saturated carbocycles. The van der Waals surface area contributed by atoms with Crippen LogP contribution in [0.15, 0.2) is 18.2 Å². The van der Waals surface area contributed by atoms with Crippen molar-refractivity contribution in [3.63, 3.8) is 0 Å². The molecule has 0 nitrogen and oxygen atoms in total. The predicted molar refractivity (Wildman–Crippen MR) is 94.2 cm³/mol. The molecule has 0 aliphatic heterocycles. The van der Waals surface area contributed by atoms with Crippen molar-refractivity contribution in [1.82, 2.24) is 0 Å². The number of aryl methyl sites for hydroxylation is 1. The van der Waals surface area contributed by atoms with Crippen LogP contribution >= 0.6 is 0 Å². The minimum Gasteiger partial charge on any atom is -0.0596 e. The van der Waals surface area contributed by atoms with Gasteiger partial charge in [-0.1, -0.05) is 57.9 Å². The fraction of sp³-hybridized carbons (Fsp3) is 0.727. The summed E-state index contributed by atoms with van der Waals surface area (Å²) in [5, 5.41) is 0. The van der Waals surface area contributed by atoms with Crippen molar-refractivity contribution < 1.29 is 0 Å². The summed E-state index contributed by atoms with van der Waals surface area (Å²) in [5.74, 6) is 1.78. The number of benzene rings is 1. The first-order valence-corrected chi connectivity index (χ1v) is 9.37. The van der Waals surface area contributed by atoms with Crippen LogP contribution in [0.1, 0.15) is 76.5 Å². The molecule has 22 heavy (non-hydrogen) atoms. The first-order valence-electron chi connectivity index (χ1n) is 9.37. The molecule has 0 aromatic heterocycles. The smallest absolute Gasteiger partial charge is 0.00357 e. The highest BCUT2D eigenvalue weighted by molar-refractivity contribution is 5.44. The number of hydrogen-bond acceptors (Lipinski definition) is 0. The molecule has 3 aliphatic carbocycles. The number of fused-ring (bicyclic) bond motifs is 5. The summed E-state index contributed by atoms with van der Waals surface area (Å²) in [5.41, 5.74) is 6.30. The maximum absolute atomic E-state index is 2.65. The Bertz CT molecular complexity index is 610. The van der Waals surface area contributed by atoms with E-state index in [0.29, 0.717) is 16.2 Å². The monoisotopic (exact) mass is 296 g/mol. The lowest BCUT2D eigenvalue weighted by Gasteiger charge is -2.61. The Balaban J connectivity index is 1.81. The van der Waals surface area contributed by atoms with Gasteiger partial charge in [-0.3, -0.25) is 0 Å². The predicted octanol–water partition coefficient (Wildman–Crippen LogP) is 6.05. The van der Waals surface area contributed by atoms with Crippen LogP contribution in [-0.2, 0) is 11.8 Å². The SMILES string of the molecule is Cc1ccc2c(c1)C[C@@H]1C2(C)CC[C@H]2C(C)(C)CCCC12C. The molecule has 3 aliphatic rings. The molecule has 4 rings (SSSR count). The van der Waals surface area contributed by atoms with E-state index in [2.05, 4.69) is 52.8 Å². The molecule has 120 valence electrons. The third-order valence-electron chi connectivity index (χ3n) is 8.09. The molecule has 0 saturated heterocycles. The van der Waals surface area contributed by atoms with E-state index in [-0.39, 0.29) is 0 Å². The largest absolute Gasteiger partial charge is 0.0596 e. The topological polar surface area (TPSA) is 0 Å². The van der Waals surface area contributed by atoms with Gasteiger partial charge >= 0.3 is 0 Å². The average molecular weight is 296 g/mol. The molecule has 0 heteroatoms. The summed E-state index contributed by atoms with van der Waals surface area (Å²) in [6.45, 7) is 12.6. The first-order chi connectivity index (χ1) is 10.3. The van der Waals surface area contributed by atoms with Gasteiger partial charge in [0.15, 0.2) is 0 Å². The molecule has 0 amide bonds. The molecule has 1 aromatic rings. The molecule has 0 bridgehead atoms. The second kappa shape index (κ2) is 4.40. The lowest BCUT2D eigenvalue weighted by atomic mass is 9.43. The van der Waals surface area contributed by atoms with E-state index in [1.54, 1.807) is 11.1 Å². The van der Waals surface area contributed by atoms with E-state index in [9.17, 15) is 0 Å². The molecule has 0 spiro atoms. The van der Waals surface area contributed by atoms with Gasteiger partial charge in [0, 0.05) is 0 Å². The van der Waals surface area contributed by atoms with Gasteiger partial charge in [-0.25, -0.2) is 0 Å². The van der Waals surface area contributed by atoms with Crippen LogP contribution in [0.2, 0.25) is 0 Å². The van der Waals surface area contributed by atoms with E-state index >= 15 is 0 Å². The lowest BCUT2D eigenvalue weighted by molar-refractivity contribution is -0.0982. The Morgan fingerprint density at radius 3 is 2.50 bits per heavy atom. The van der Waals surface area contributed by atoms with Gasteiger partial charge in [-0.2, -0.15) is 0 Å². The number of hydrogen-bond donors (Lipinski definition) is 0. The van der Waals surface area contributed by atoms with Crippen LogP contribution in [0.3, 0.4) is 0 Å². The fourth-order valence-electron chi connectivity index (χ4n) is 7.10. The molecule has 1 aromatic carbocycles. The summed E-state index contributed by atoms with van der Waals surface area (Å²) in [6.07, 6.45) is 8.48. The highest BCUT2D eigenvalue weighted by Gasteiger charge is 2.60. The lowest BCUT2D eigenvalue weighted by Crippen LogP contribution is -2.55. The summed E-state index contributed by atoms with van der Waals surface area (Å²) in [4.78, 5) is 0. The summed E-state index contributed by atoms with van der Waals surface area (Å²) >= 11 is 0. The normalized spacial score (nSPS) is 42.4. The molecule has 4 atom stereocenters. The molecular formula is C22H32. The standard InChI is InChI=1S/C22H32/c1-15-7-8-17-16(13-15)14-19-21(17,4)12-9-18-20(2,3)10-6-11-22(18,19)5/h7-8,13,18-19H,6,9-12,14H2,1-5H3/t18-,19+,21?,22?/m0/s1. The summed E-state index contributed by atoms with van der Waals surface area (Å²) in [7, 11) is 0. The second-order valence-corrected chi connectivity index (χ2v) is 9.77. The summed E-state index contributed by atoms with van der Waals surface area (Å²) in [6, 6.07) is 7.28. The minimum atomic E-state index is 0.432. The van der Waals surface area contributed by atoms with E-state index in [1.165, 1.54) is 44.1 Å². The molecule has 2 unspecified atom stereocenters. The van der Waals surface area contributed by atoms with Gasteiger partial charge in [0.25, 0.3) is 0 Å². The third-order valence-corrected chi connectivity index (χ3v) is 8.09.